The SMILES string of the molecule is CCOC(=O)C1=CC2=C(c3c(C)cc(OC(=O)Cc4ccc(-n5c(=O)c6cc(-c7cc(C(F)(F)F)cc(C(F)(F)F)c7)c7oc8ccccc8c8c(-c9cc(C(F)(F)F)cc(C(F)(F)F)c9)cc(c5=O)c6c78)cc4)cc3C)c3cc(C(=O)OCC)c(C)n3[B-](F)(F)[N+]2=C1C. The Labute approximate surface area is 520 Å². The second-order valence-corrected chi connectivity index (χ2v) is 22.5. The predicted molar refractivity (Wildman–Crippen MR) is 318 cm³/mol. The third kappa shape index (κ3) is 10.5. The van der Waals surface area contributed by atoms with E-state index in [0.29, 0.717) is 45.5 Å². The number of hydrogen-bond acceptors (Lipinski definition) is 9. The van der Waals surface area contributed by atoms with E-state index in [1.165, 1.54) is 86.7 Å². The van der Waals surface area contributed by atoms with Crippen molar-refractivity contribution in [3.05, 3.63) is 215 Å². The Morgan fingerprint density at radius 2 is 1.10 bits per heavy atom. The molecule has 0 unspecified atom stereocenters. The molecule has 0 amide bonds. The molecular weight excluding hydrogens is 1270 g/mol. The molecule has 0 fully saturated rings. The highest BCUT2D eigenvalue weighted by atomic mass is 19.4. The van der Waals surface area contributed by atoms with E-state index in [2.05, 4.69) is 0 Å². The van der Waals surface area contributed by atoms with Crippen LogP contribution in [0.4, 0.5) is 61.3 Å². The molecule has 7 aromatic carbocycles. The Hall–Kier alpha value is -10.3. The van der Waals surface area contributed by atoms with Crippen molar-refractivity contribution in [1.82, 2.24) is 9.05 Å². The van der Waals surface area contributed by atoms with E-state index < -0.39 is 133 Å². The number of aryl methyl sites for hydroxylation is 2. The molecule has 0 radical (unpaired) electrons. The standard InChI is InChI=1S/C67H44BF14N3O9/c1-7-91-62(89)44-28-50-57(51-29-45(63(90)92-8-2)33(6)85(51)68(81,82)84(50)32(44)5)54-30(3)17-42(18-31(54)4)93-53(86)19-34-13-15-41(16-14-34)83-60(87)48-26-46(35-20-37(64(69,70)71)24-38(21-35)65(72,73)74)55-43-11-9-10-12-52(43)94-59-47(27-49(61(83)88)56(48)58(55)59)36-22-39(66(75,76)77)25-40(23-36)67(78,79)80/h9-18,20-29H,7-8,19H2,1-6H3. The second-order valence-electron chi connectivity index (χ2n) is 22.5. The second kappa shape index (κ2) is 22.2. The monoisotopic (exact) mass is 1310 g/mol. The van der Waals surface area contributed by atoms with Crippen LogP contribution in [0, 0.1) is 20.8 Å². The van der Waals surface area contributed by atoms with Crippen molar-refractivity contribution in [1.29, 1.82) is 0 Å². The average Bonchev–Trinajstić information content (AvgIpc) is 1.37. The lowest BCUT2D eigenvalue weighted by Crippen LogP contribution is -2.51. The molecule has 5 heterocycles. The van der Waals surface area contributed by atoms with E-state index in [1.54, 1.807) is 27.7 Å². The van der Waals surface area contributed by atoms with Gasteiger partial charge in [-0.25, -0.2) is 14.2 Å². The number of aromatic nitrogens is 2. The molecule has 0 spiro atoms. The van der Waals surface area contributed by atoms with Gasteiger partial charge in [-0.1, -0.05) is 30.3 Å². The fourth-order valence-corrected chi connectivity index (χ4v) is 12.7. The first kappa shape index (κ1) is 63.8. The Kier molecular flexibility index (Phi) is 15.1. The van der Waals surface area contributed by atoms with E-state index in [4.69, 9.17) is 18.6 Å². The highest BCUT2D eigenvalue weighted by Crippen LogP contribution is 2.50. The number of hydrogen-bond donors (Lipinski definition) is 0. The molecule has 0 atom stereocenters. The van der Waals surface area contributed by atoms with Gasteiger partial charge >= 0.3 is 49.6 Å². The van der Waals surface area contributed by atoms with Crippen LogP contribution in [0.5, 0.6) is 5.75 Å². The molecule has 0 bridgehead atoms. The lowest BCUT2D eigenvalue weighted by atomic mass is 9.83. The number of allylic oxidation sites excluding steroid dienone is 1. The molecule has 0 saturated heterocycles. The quantitative estimate of drug-likeness (QED) is 0.0309. The first-order chi connectivity index (χ1) is 44.0. The average molecular weight is 1310 g/mol. The minimum atomic E-state index is -5.42. The molecule has 482 valence electrons. The maximum absolute atomic E-state index is 17.0. The summed E-state index contributed by atoms with van der Waals surface area (Å²) in [7, 11) is 0. The zero-order valence-corrected chi connectivity index (χ0v) is 49.6. The lowest BCUT2D eigenvalue weighted by molar-refractivity contribution is -0.362. The smallest absolute Gasteiger partial charge is 0.462 e. The minimum Gasteiger partial charge on any atom is -0.462 e. The summed E-state index contributed by atoms with van der Waals surface area (Å²) in [4.78, 5) is 70.4. The van der Waals surface area contributed by atoms with E-state index in [0.717, 1.165) is 21.1 Å². The fourth-order valence-electron chi connectivity index (χ4n) is 12.7. The van der Waals surface area contributed by atoms with Crippen molar-refractivity contribution in [2.75, 3.05) is 13.2 Å². The highest BCUT2D eigenvalue weighted by Gasteiger charge is 2.56. The molecule has 12 nitrogen and oxygen atoms in total. The van der Waals surface area contributed by atoms with Crippen LogP contribution in [0.15, 0.2) is 147 Å². The number of halogens is 14. The van der Waals surface area contributed by atoms with Gasteiger partial charge in [0.05, 0.1) is 58.7 Å². The van der Waals surface area contributed by atoms with E-state index in [1.807, 2.05) is 0 Å². The molecule has 3 aromatic heterocycles. The van der Waals surface area contributed by atoms with Crippen molar-refractivity contribution >= 4 is 79.6 Å². The fraction of sp³-hybridized carbons (Fsp3) is 0.194. The molecule has 2 aliphatic rings. The molecule has 12 rings (SSSR count). The van der Waals surface area contributed by atoms with E-state index in [9.17, 15) is 67.1 Å². The van der Waals surface area contributed by atoms with Crippen LogP contribution in [-0.4, -0.2) is 57.3 Å². The third-order valence-corrected chi connectivity index (χ3v) is 16.6. The van der Waals surface area contributed by atoms with Gasteiger partial charge in [-0.2, -0.15) is 52.7 Å². The number of fused-ring (bicyclic) bond motifs is 4. The maximum Gasteiger partial charge on any atom is 0.737 e. The lowest BCUT2D eigenvalue weighted by Gasteiger charge is -2.33. The summed E-state index contributed by atoms with van der Waals surface area (Å²) in [5, 5.41) is -2.34. The van der Waals surface area contributed by atoms with Crippen molar-refractivity contribution in [2.45, 2.75) is 72.7 Å². The van der Waals surface area contributed by atoms with Crippen LogP contribution in [-0.2, 0) is 50.2 Å². The number of carbonyl (C=O) groups excluding carboxylic acids is 3. The Morgan fingerprint density at radius 3 is 1.63 bits per heavy atom. The zero-order valence-electron chi connectivity index (χ0n) is 49.6. The number of esters is 3. The van der Waals surface area contributed by atoms with Crippen LogP contribution in [0.1, 0.15) is 87.0 Å². The zero-order chi connectivity index (χ0) is 68.0. The van der Waals surface area contributed by atoms with Gasteiger partial charge < -0.3 is 36.2 Å². The molecule has 0 aliphatic carbocycles. The molecule has 10 aromatic rings. The van der Waals surface area contributed by atoms with Crippen LogP contribution in [0.25, 0.3) is 77.0 Å². The maximum atomic E-state index is 17.0. The van der Waals surface area contributed by atoms with Gasteiger partial charge in [0.1, 0.15) is 28.2 Å². The van der Waals surface area contributed by atoms with Gasteiger partial charge in [0.2, 0.25) is 0 Å². The van der Waals surface area contributed by atoms with Crippen LogP contribution < -0.4 is 15.9 Å². The first-order valence-corrected chi connectivity index (χ1v) is 28.6. The summed E-state index contributed by atoms with van der Waals surface area (Å²) >= 11 is 0. The number of nitrogens with zero attached hydrogens (tertiary/aromatic N) is 3. The van der Waals surface area contributed by atoms with Crippen molar-refractivity contribution in [3.8, 4) is 33.7 Å². The highest BCUT2D eigenvalue weighted by molar-refractivity contribution is 6.59. The van der Waals surface area contributed by atoms with Crippen LogP contribution >= 0.6 is 0 Å². The molecule has 27 heteroatoms. The summed E-state index contributed by atoms with van der Waals surface area (Å²) in [5.41, 5.74) is -12.9. The van der Waals surface area contributed by atoms with Gasteiger partial charge in [0.25, 0.3) is 11.1 Å². The van der Waals surface area contributed by atoms with Crippen molar-refractivity contribution in [2.24, 2.45) is 0 Å². The molecule has 0 N–H and O–H groups in total. The Bertz CT molecular complexity index is 5060. The van der Waals surface area contributed by atoms with Crippen molar-refractivity contribution < 1.29 is 98.8 Å². The first-order valence-electron chi connectivity index (χ1n) is 28.6. The molecule has 2 aliphatic heterocycles. The Balaban J connectivity index is 0.978. The van der Waals surface area contributed by atoms with Crippen LogP contribution in [0.2, 0.25) is 0 Å². The summed E-state index contributed by atoms with van der Waals surface area (Å²) in [6.07, 6.45) is -20.9. The third-order valence-electron chi connectivity index (χ3n) is 16.6. The van der Waals surface area contributed by atoms with Gasteiger partial charge in [-0.05, 0) is 164 Å². The van der Waals surface area contributed by atoms with Gasteiger partial charge in [-0.3, -0.25) is 14.4 Å². The largest absolute Gasteiger partial charge is 0.737 e. The summed E-state index contributed by atoms with van der Waals surface area (Å²) < 4.78 is 233. The Morgan fingerprint density at radius 1 is 0.585 bits per heavy atom. The molecule has 94 heavy (non-hydrogen) atoms. The number of carbonyl (C=O) groups is 3. The number of alkyl halides is 12. The predicted octanol–water partition coefficient (Wildman–Crippen LogP) is 16.3. The van der Waals surface area contributed by atoms with E-state index >= 15 is 18.2 Å². The van der Waals surface area contributed by atoms with Gasteiger partial charge in [0.15, 0.2) is 5.70 Å². The number of pyridine rings is 1. The number of rotatable bonds is 11. The van der Waals surface area contributed by atoms with Crippen LogP contribution in [0.3, 0.4) is 0 Å². The van der Waals surface area contributed by atoms with E-state index in [-0.39, 0.29) is 104 Å². The molecular formula is C67H44BF14N3O9. The summed E-state index contributed by atoms with van der Waals surface area (Å²) in [6.45, 7) is 4.11. The molecule has 0 saturated carbocycles. The van der Waals surface area contributed by atoms with Gasteiger partial charge in [-0.15, -0.1) is 0 Å². The van der Waals surface area contributed by atoms with Crippen molar-refractivity contribution in [3.63, 3.8) is 0 Å². The summed E-state index contributed by atoms with van der Waals surface area (Å²) in [6, 6.07) is 17.2. The minimum absolute atomic E-state index is 0.0284. The number of para-hydroxylation sites is 1. The van der Waals surface area contributed by atoms with Gasteiger partial charge in [0, 0.05) is 56.6 Å². The summed E-state index contributed by atoms with van der Waals surface area (Å²) in [5.74, 6) is -2.64. The number of ether oxygens (including phenoxy) is 3. The topological polar surface area (TPSA) is 139 Å². The normalized spacial score (nSPS) is 14.4. The number of benzene rings is 7.